The summed E-state index contributed by atoms with van der Waals surface area (Å²) >= 11 is 6.22. The molecule has 0 aliphatic heterocycles. The Kier molecular flexibility index (Phi) is 3.62. The van der Waals surface area contributed by atoms with Gasteiger partial charge in [0.1, 0.15) is 12.1 Å². The third-order valence-corrected chi connectivity index (χ3v) is 3.73. The summed E-state index contributed by atoms with van der Waals surface area (Å²) in [5.74, 6) is 0.840. The third kappa shape index (κ3) is 2.76. The summed E-state index contributed by atoms with van der Waals surface area (Å²) in [7, 11) is 1.98. The standard InChI is InChI=1S/C16H15ClN4/c1-21(9-11-4-2-3-5-14(11)17)16-13-8-12(18)6-7-15(13)19-10-20-16/h2-8,10H,9,18H2,1H3. The summed E-state index contributed by atoms with van der Waals surface area (Å²) in [5.41, 5.74) is 8.50. The van der Waals surface area contributed by atoms with Crippen LogP contribution in [0.5, 0.6) is 0 Å². The van der Waals surface area contributed by atoms with E-state index < -0.39 is 0 Å². The van der Waals surface area contributed by atoms with Gasteiger partial charge in [0.25, 0.3) is 0 Å². The Labute approximate surface area is 128 Å². The highest BCUT2D eigenvalue weighted by Gasteiger charge is 2.10. The Morgan fingerprint density at radius 2 is 1.95 bits per heavy atom. The van der Waals surface area contributed by atoms with E-state index in [9.17, 15) is 0 Å². The second kappa shape index (κ2) is 5.58. The summed E-state index contributed by atoms with van der Waals surface area (Å²) in [4.78, 5) is 10.7. The van der Waals surface area contributed by atoms with Crippen molar-refractivity contribution in [3.05, 3.63) is 59.4 Å². The molecule has 21 heavy (non-hydrogen) atoms. The molecule has 0 radical (unpaired) electrons. The summed E-state index contributed by atoms with van der Waals surface area (Å²) in [6, 6.07) is 13.4. The lowest BCUT2D eigenvalue weighted by Gasteiger charge is -2.20. The summed E-state index contributed by atoms with van der Waals surface area (Å²) in [6.45, 7) is 0.667. The molecule has 0 amide bonds. The third-order valence-electron chi connectivity index (χ3n) is 3.37. The highest BCUT2D eigenvalue weighted by Crippen LogP contribution is 2.26. The molecule has 0 unspecified atom stereocenters. The van der Waals surface area contributed by atoms with E-state index in [4.69, 9.17) is 17.3 Å². The number of hydrogen-bond acceptors (Lipinski definition) is 4. The number of aromatic nitrogens is 2. The van der Waals surface area contributed by atoms with E-state index in [0.717, 1.165) is 27.3 Å². The van der Waals surface area contributed by atoms with Crippen LogP contribution >= 0.6 is 11.6 Å². The maximum atomic E-state index is 6.22. The molecule has 0 saturated carbocycles. The van der Waals surface area contributed by atoms with Gasteiger partial charge in [-0.3, -0.25) is 0 Å². The van der Waals surface area contributed by atoms with Crippen LogP contribution in [0.1, 0.15) is 5.56 Å². The van der Waals surface area contributed by atoms with E-state index in [0.29, 0.717) is 12.2 Å². The van der Waals surface area contributed by atoms with E-state index >= 15 is 0 Å². The lowest BCUT2D eigenvalue weighted by atomic mass is 10.2. The minimum atomic E-state index is 0.667. The first-order valence-corrected chi connectivity index (χ1v) is 6.98. The predicted octanol–water partition coefficient (Wildman–Crippen LogP) is 3.50. The van der Waals surface area contributed by atoms with Crippen molar-refractivity contribution in [1.82, 2.24) is 9.97 Å². The van der Waals surface area contributed by atoms with E-state index in [1.807, 2.05) is 54.4 Å². The largest absolute Gasteiger partial charge is 0.399 e. The van der Waals surface area contributed by atoms with Crippen molar-refractivity contribution >= 4 is 34.0 Å². The highest BCUT2D eigenvalue weighted by atomic mass is 35.5. The van der Waals surface area contributed by atoms with Crippen molar-refractivity contribution in [2.45, 2.75) is 6.54 Å². The number of nitrogens with two attached hydrogens (primary N) is 1. The SMILES string of the molecule is CN(Cc1ccccc1Cl)c1ncnc2ccc(N)cc12. The number of nitrogen functional groups attached to an aromatic ring is 1. The lowest BCUT2D eigenvalue weighted by Crippen LogP contribution is -2.18. The topological polar surface area (TPSA) is 55.0 Å². The molecule has 4 nitrogen and oxygen atoms in total. The van der Waals surface area contributed by atoms with Gasteiger partial charge in [0.15, 0.2) is 0 Å². The number of nitrogens with zero attached hydrogens (tertiary/aromatic N) is 3. The van der Waals surface area contributed by atoms with Crippen molar-refractivity contribution in [2.24, 2.45) is 0 Å². The molecule has 0 bridgehead atoms. The normalized spacial score (nSPS) is 10.8. The first kappa shape index (κ1) is 13.6. The number of benzene rings is 2. The summed E-state index contributed by atoms with van der Waals surface area (Å²) < 4.78 is 0. The van der Waals surface area contributed by atoms with Gasteiger partial charge >= 0.3 is 0 Å². The van der Waals surface area contributed by atoms with Crippen LogP contribution in [0.4, 0.5) is 11.5 Å². The van der Waals surface area contributed by atoms with Crippen LogP contribution in [-0.2, 0) is 6.54 Å². The van der Waals surface area contributed by atoms with Crippen LogP contribution in [0.15, 0.2) is 48.8 Å². The van der Waals surface area contributed by atoms with E-state index in [1.54, 1.807) is 6.33 Å². The molecule has 0 spiro atoms. The van der Waals surface area contributed by atoms with E-state index in [1.165, 1.54) is 0 Å². The Hall–Kier alpha value is -2.33. The van der Waals surface area contributed by atoms with Gasteiger partial charge in [-0.05, 0) is 29.8 Å². The highest BCUT2D eigenvalue weighted by molar-refractivity contribution is 6.31. The van der Waals surface area contributed by atoms with Gasteiger partial charge in [-0.2, -0.15) is 0 Å². The van der Waals surface area contributed by atoms with Gasteiger partial charge in [0.2, 0.25) is 0 Å². The van der Waals surface area contributed by atoms with Crippen LogP contribution in [0.2, 0.25) is 5.02 Å². The molecule has 0 aliphatic carbocycles. The molecule has 2 aromatic carbocycles. The average Bonchev–Trinajstić information content (AvgIpc) is 2.49. The zero-order valence-electron chi connectivity index (χ0n) is 11.6. The Balaban J connectivity index is 2.00. The Morgan fingerprint density at radius 1 is 1.14 bits per heavy atom. The number of fused-ring (bicyclic) bond motifs is 1. The first-order chi connectivity index (χ1) is 10.1. The lowest BCUT2D eigenvalue weighted by molar-refractivity contribution is 0.900. The van der Waals surface area contributed by atoms with Gasteiger partial charge in [-0.15, -0.1) is 0 Å². The number of halogens is 1. The molecule has 106 valence electrons. The Bertz CT molecular complexity index is 788. The van der Waals surface area contributed by atoms with Gasteiger partial charge in [-0.25, -0.2) is 9.97 Å². The minimum absolute atomic E-state index is 0.667. The van der Waals surface area contributed by atoms with Crippen LogP contribution in [-0.4, -0.2) is 17.0 Å². The van der Waals surface area contributed by atoms with Gasteiger partial charge < -0.3 is 10.6 Å². The second-order valence-corrected chi connectivity index (χ2v) is 5.33. The molecule has 1 aromatic heterocycles. The molecule has 3 rings (SSSR count). The maximum Gasteiger partial charge on any atom is 0.139 e. The van der Waals surface area contributed by atoms with Crippen LogP contribution in [0.25, 0.3) is 10.9 Å². The molecule has 0 saturated heterocycles. The van der Waals surface area contributed by atoms with Gasteiger partial charge in [0, 0.05) is 29.7 Å². The zero-order chi connectivity index (χ0) is 14.8. The molecule has 0 aliphatic rings. The summed E-state index contributed by atoms with van der Waals surface area (Å²) in [5, 5.41) is 1.69. The van der Waals surface area contributed by atoms with E-state index in [2.05, 4.69) is 9.97 Å². The van der Waals surface area contributed by atoms with Crippen molar-refractivity contribution in [2.75, 3.05) is 17.7 Å². The molecule has 0 atom stereocenters. The Morgan fingerprint density at radius 3 is 2.76 bits per heavy atom. The van der Waals surface area contributed by atoms with Crippen molar-refractivity contribution < 1.29 is 0 Å². The van der Waals surface area contributed by atoms with E-state index in [-0.39, 0.29) is 0 Å². The minimum Gasteiger partial charge on any atom is -0.399 e. The molecular formula is C16H15ClN4. The number of anilines is 2. The van der Waals surface area contributed by atoms with Crippen LogP contribution in [0, 0.1) is 0 Å². The predicted molar refractivity (Wildman–Crippen MR) is 87.5 cm³/mol. The van der Waals surface area contributed by atoms with Crippen molar-refractivity contribution in [1.29, 1.82) is 0 Å². The van der Waals surface area contributed by atoms with Crippen molar-refractivity contribution in [3.8, 4) is 0 Å². The van der Waals surface area contributed by atoms with Crippen molar-refractivity contribution in [3.63, 3.8) is 0 Å². The molecule has 5 heteroatoms. The fourth-order valence-electron chi connectivity index (χ4n) is 2.32. The molecule has 0 fully saturated rings. The quantitative estimate of drug-likeness (QED) is 0.752. The second-order valence-electron chi connectivity index (χ2n) is 4.92. The monoisotopic (exact) mass is 298 g/mol. The molecule has 1 heterocycles. The fraction of sp³-hybridized carbons (Fsp3) is 0.125. The number of hydrogen-bond donors (Lipinski definition) is 1. The van der Waals surface area contributed by atoms with Gasteiger partial charge in [-0.1, -0.05) is 29.8 Å². The summed E-state index contributed by atoms with van der Waals surface area (Å²) in [6.07, 6.45) is 1.57. The smallest absolute Gasteiger partial charge is 0.139 e. The fourth-order valence-corrected chi connectivity index (χ4v) is 2.52. The number of rotatable bonds is 3. The molecular weight excluding hydrogens is 284 g/mol. The maximum absolute atomic E-state index is 6.22. The molecule has 2 N–H and O–H groups in total. The average molecular weight is 299 g/mol. The molecule has 3 aromatic rings. The first-order valence-electron chi connectivity index (χ1n) is 6.60. The zero-order valence-corrected chi connectivity index (χ0v) is 12.4. The van der Waals surface area contributed by atoms with Crippen LogP contribution in [0.3, 0.4) is 0 Å². The van der Waals surface area contributed by atoms with Crippen LogP contribution < -0.4 is 10.6 Å². The van der Waals surface area contributed by atoms with Gasteiger partial charge in [0.05, 0.1) is 5.52 Å².